The number of rotatable bonds is 2. The van der Waals surface area contributed by atoms with Gasteiger partial charge in [0, 0.05) is 5.02 Å². The van der Waals surface area contributed by atoms with Crippen molar-refractivity contribution in [2.45, 2.75) is 13.8 Å². The number of nitrogens with zero attached hydrogens (tertiary/aromatic N) is 3. The van der Waals surface area contributed by atoms with E-state index in [9.17, 15) is 0 Å². The SMILES string of the molecule is COc1ccc(Cl)cc1-n1nc(C)c(C#N)c1C. The lowest BCUT2D eigenvalue weighted by atomic mass is 10.2. The van der Waals surface area contributed by atoms with Crippen LogP contribution in [0.2, 0.25) is 5.02 Å². The van der Waals surface area contributed by atoms with E-state index in [0.29, 0.717) is 22.0 Å². The third-order valence-corrected chi connectivity index (χ3v) is 3.01. The fraction of sp³-hybridized carbons (Fsp3) is 0.231. The monoisotopic (exact) mass is 261 g/mol. The molecule has 0 amide bonds. The Hall–Kier alpha value is -1.99. The summed E-state index contributed by atoms with van der Waals surface area (Å²) in [7, 11) is 1.59. The molecule has 0 spiro atoms. The number of hydrogen-bond acceptors (Lipinski definition) is 3. The van der Waals surface area contributed by atoms with E-state index in [2.05, 4.69) is 11.2 Å². The van der Waals surface area contributed by atoms with Crippen LogP contribution < -0.4 is 4.74 Å². The van der Waals surface area contributed by atoms with Crippen LogP contribution in [0.1, 0.15) is 17.0 Å². The van der Waals surface area contributed by atoms with E-state index in [1.54, 1.807) is 36.9 Å². The van der Waals surface area contributed by atoms with Gasteiger partial charge in [-0.2, -0.15) is 10.4 Å². The van der Waals surface area contributed by atoms with Crippen LogP contribution in [0.4, 0.5) is 0 Å². The molecule has 4 nitrogen and oxygen atoms in total. The fourth-order valence-electron chi connectivity index (χ4n) is 1.87. The van der Waals surface area contributed by atoms with E-state index in [4.69, 9.17) is 21.6 Å². The second-order valence-corrected chi connectivity index (χ2v) is 4.32. The average molecular weight is 262 g/mol. The van der Waals surface area contributed by atoms with Crippen LogP contribution in [0.25, 0.3) is 5.69 Å². The minimum Gasteiger partial charge on any atom is -0.494 e. The lowest BCUT2D eigenvalue weighted by molar-refractivity contribution is 0.411. The number of aromatic nitrogens is 2. The number of nitriles is 1. The molecule has 0 saturated heterocycles. The molecule has 5 heteroatoms. The second-order valence-electron chi connectivity index (χ2n) is 3.89. The number of halogens is 1. The first-order valence-electron chi connectivity index (χ1n) is 5.38. The Morgan fingerprint density at radius 1 is 1.39 bits per heavy atom. The normalized spacial score (nSPS) is 10.2. The molecule has 0 saturated carbocycles. The van der Waals surface area contributed by atoms with Gasteiger partial charge in [-0.3, -0.25) is 0 Å². The van der Waals surface area contributed by atoms with Crippen molar-refractivity contribution >= 4 is 11.6 Å². The van der Waals surface area contributed by atoms with Gasteiger partial charge in [-0.25, -0.2) is 4.68 Å². The molecule has 0 unspecified atom stereocenters. The molecule has 0 radical (unpaired) electrons. The van der Waals surface area contributed by atoms with Gasteiger partial charge in [-0.05, 0) is 32.0 Å². The Bertz CT molecular complexity index is 640. The maximum atomic E-state index is 9.08. The van der Waals surface area contributed by atoms with Gasteiger partial charge in [0.15, 0.2) is 0 Å². The van der Waals surface area contributed by atoms with E-state index in [0.717, 1.165) is 11.4 Å². The van der Waals surface area contributed by atoms with Crippen molar-refractivity contribution in [3.63, 3.8) is 0 Å². The fourth-order valence-corrected chi connectivity index (χ4v) is 2.03. The summed E-state index contributed by atoms with van der Waals surface area (Å²) in [6, 6.07) is 7.44. The predicted molar refractivity (Wildman–Crippen MR) is 69.3 cm³/mol. The molecular formula is C13H12ClN3O. The molecule has 0 aliphatic rings. The van der Waals surface area contributed by atoms with Gasteiger partial charge in [-0.1, -0.05) is 11.6 Å². The minimum absolute atomic E-state index is 0.581. The molecule has 2 rings (SSSR count). The van der Waals surface area contributed by atoms with E-state index in [1.807, 2.05) is 6.92 Å². The Balaban J connectivity index is 2.70. The summed E-state index contributed by atoms with van der Waals surface area (Å²) in [5.74, 6) is 0.662. The molecule has 1 aromatic carbocycles. The van der Waals surface area contributed by atoms with Gasteiger partial charge >= 0.3 is 0 Å². The zero-order chi connectivity index (χ0) is 13.3. The van der Waals surface area contributed by atoms with Gasteiger partial charge in [-0.15, -0.1) is 0 Å². The molecule has 0 aliphatic heterocycles. The number of hydrogen-bond donors (Lipinski definition) is 0. The quantitative estimate of drug-likeness (QED) is 0.835. The zero-order valence-corrected chi connectivity index (χ0v) is 11.1. The van der Waals surface area contributed by atoms with Crippen LogP contribution in [0.5, 0.6) is 5.75 Å². The highest BCUT2D eigenvalue weighted by atomic mass is 35.5. The van der Waals surface area contributed by atoms with Gasteiger partial charge in [0.05, 0.1) is 24.1 Å². The Morgan fingerprint density at radius 2 is 2.11 bits per heavy atom. The van der Waals surface area contributed by atoms with Crippen LogP contribution in [0.3, 0.4) is 0 Å². The molecule has 92 valence electrons. The lowest BCUT2D eigenvalue weighted by Gasteiger charge is -2.10. The Morgan fingerprint density at radius 3 is 2.67 bits per heavy atom. The van der Waals surface area contributed by atoms with Crippen LogP contribution in [0.15, 0.2) is 18.2 Å². The first-order valence-corrected chi connectivity index (χ1v) is 5.76. The molecular weight excluding hydrogens is 250 g/mol. The van der Waals surface area contributed by atoms with Gasteiger partial charge < -0.3 is 4.74 Å². The highest BCUT2D eigenvalue weighted by molar-refractivity contribution is 6.30. The molecule has 1 heterocycles. The van der Waals surface area contributed by atoms with E-state index < -0.39 is 0 Å². The summed E-state index contributed by atoms with van der Waals surface area (Å²) in [5, 5.41) is 14.0. The summed E-state index contributed by atoms with van der Waals surface area (Å²) >= 11 is 5.99. The Labute approximate surface area is 110 Å². The van der Waals surface area contributed by atoms with Crippen LogP contribution in [-0.4, -0.2) is 16.9 Å². The third kappa shape index (κ3) is 1.93. The van der Waals surface area contributed by atoms with Gasteiger partial charge in [0.25, 0.3) is 0 Å². The zero-order valence-electron chi connectivity index (χ0n) is 10.4. The molecule has 0 aliphatic carbocycles. The van der Waals surface area contributed by atoms with Crippen molar-refractivity contribution in [2.75, 3.05) is 7.11 Å². The largest absolute Gasteiger partial charge is 0.494 e. The lowest BCUT2D eigenvalue weighted by Crippen LogP contribution is -2.02. The maximum Gasteiger partial charge on any atom is 0.144 e. The first-order chi connectivity index (χ1) is 8.58. The standard InChI is InChI=1S/C13H12ClN3O/c1-8-11(7-15)9(2)17(16-8)12-6-10(14)4-5-13(12)18-3/h4-6H,1-3H3. The van der Waals surface area contributed by atoms with E-state index >= 15 is 0 Å². The highest BCUT2D eigenvalue weighted by Crippen LogP contribution is 2.28. The van der Waals surface area contributed by atoms with E-state index in [1.165, 1.54) is 0 Å². The van der Waals surface area contributed by atoms with Crippen molar-refractivity contribution in [3.8, 4) is 17.5 Å². The van der Waals surface area contributed by atoms with Crippen LogP contribution >= 0.6 is 11.6 Å². The van der Waals surface area contributed by atoms with Gasteiger partial charge in [0.1, 0.15) is 17.5 Å². The van der Waals surface area contributed by atoms with E-state index in [-0.39, 0.29) is 0 Å². The topological polar surface area (TPSA) is 50.8 Å². The molecule has 1 aromatic heterocycles. The highest BCUT2D eigenvalue weighted by Gasteiger charge is 2.15. The van der Waals surface area contributed by atoms with Gasteiger partial charge in [0.2, 0.25) is 0 Å². The van der Waals surface area contributed by atoms with Crippen LogP contribution in [-0.2, 0) is 0 Å². The van der Waals surface area contributed by atoms with Crippen LogP contribution in [0, 0.1) is 25.2 Å². The number of aryl methyl sites for hydroxylation is 1. The third-order valence-electron chi connectivity index (χ3n) is 2.77. The molecule has 18 heavy (non-hydrogen) atoms. The Kier molecular flexibility index (Phi) is 3.26. The molecule has 0 atom stereocenters. The smallest absolute Gasteiger partial charge is 0.144 e. The number of methoxy groups -OCH3 is 1. The summed E-state index contributed by atoms with van der Waals surface area (Å²) in [5.41, 5.74) is 2.77. The minimum atomic E-state index is 0.581. The van der Waals surface area contributed by atoms with Crippen molar-refractivity contribution in [3.05, 3.63) is 40.2 Å². The second kappa shape index (κ2) is 4.71. The first kappa shape index (κ1) is 12.5. The van der Waals surface area contributed by atoms with Crippen molar-refractivity contribution in [1.29, 1.82) is 5.26 Å². The van der Waals surface area contributed by atoms with Crippen molar-refractivity contribution in [2.24, 2.45) is 0 Å². The molecule has 0 N–H and O–H groups in total. The predicted octanol–water partition coefficient (Wildman–Crippen LogP) is 3.02. The van der Waals surface area contributed by atoms with Crippen molar-refractivity contribution in [1.82, 2.24) is 9.78 Å². The molecule has 0 bridgehead atoms. The summed E-state index contributed by atoms with van der Waals surface area (Å²) < 4.78 is 6.97. The van der Waals surface area contributed by atoms with Crippen molar-refractivity contribution < 1.29 is 4.74 Å². The maximum absolute atomic E-state index is 9.08. The number of ether oxygens (including phenoxy) is 1. The average Bonchev–Trinajstić information content (AvgIpc) is 2.64. The summed E-state index contributed by atoms with van der Waals surface area (Å²) in [4.78, 5) is 0. The molecule has 2 aromatic rings. The molecule has 0 fully saturated rings. The summed E-state index contributed by atoms with van der Waals surface area (Å²) in [6.45, 7) is 3.65. The summed E-state index contributed by atoms with van der Waals surface area (Å²) in [6.07, 6.45) is 0. The number of benzene rings is 1.